The second-order valence-corrected chi connectivity index (χ2v) is 4.14. The van der Waals surface area contributed by atoms with E-state index in [0.29, 0.717) is 5.56 Å². The van der Waals surface area contributed by atoms with E-state index in [1.54, 1.807) is 12.1 Å². The number of carbonyl (C=O) groups excluding carboxylic acids is 1. The predicted octanol–water partition coefficient (Wildman–Crippen LogP) is 2.50. The average molecular weight is 178 g/mol. The maximum atomic E-state index is 10.7. The Kier molecular flexibility index (Phi) is 2.41. The number of aldehydes is 1. The van der Waals surface area contributed by atoms with Gasteiger partial charge in [0.05, 0.1) is 0 Å². The van der Waals surface area contributed by atoms with Gasteiger partial charge in [0.2, 0.25) is 0 Å². The van der Waals surface area contributed by atoms with Crippen LogP contribution in [0.4, 0.5) is 0 Å². The molecule has 13 heavy (non-hydrogen) atoms. The number of phenolic OH excluding ortho intramolecular Hbond substituents is 1. The summed E-state index contributed by atoms with van der Waals surface area (Å²) in [6, 6.07) is 4.81. The lowest BCUT2D eigenvalue weighted by atomic mass is 9.84. The number of hydrogen-bond acceptors (Lipinski definition) is 2. The number of hydrogen-bond donors (Lipinski definition) is 1. The summed E-state index contributed by atoms with van der Waals surface area (Å²) in [7, 11) is 0. The highest BCUT2D eigenvalue weighted by atomic mass is 16.3. The van der Waals surface area contributed by atoms with Gasteiger partial charge in [0, 0.05) is 5.56 Å². The standard InChI is InChI=1S/C11H14O2/c1-11(2,3)10-6-9(13)5-4-8(10)7-12/h4-7,13H,1-3H3. The van der Waals surface area contributed by atoms with Gasteiger partial charge < -0.3 is 5.11 Å². The summed E-state index contributed by atoms with van der Waals surface area (Å²) in [6.07, 6.45) is 0.819. The third kappa shape index (κ3) is 2.08. The predicted molar refractivity (Wildman–Crippen MR) is 52.2 cm³/mol. The lowest BCUT2D eigenvalue weighted by Crippen LogP contribution is -2.13. The maximum Gasteiger partial charge on any atom is 0.150 e. The van der Waals surface area contributed by atoms with Crippen molar-refractivity contribution in [2.45, 2.75) is 26.2 Å². The normalized spacial score (nSPS) is 11.3. The van der Waals surface area contributed by atoms with Crippen LogP contribution >= 0.6 is 0 Å². The van der Waals surface area contributed by atoms with Crippen molar-refractivity contribution >= 4 is 6.29 Å². The van der Waals surface area contributed by atoms with Crippen molar-refractivity contribution in [1.29, 1.82) is 0 Å². The summed E-state index contributed by atoms with van der Waals surface area (Å²) in [5.74, 6) is 0.204. The monoisotopic (exact) mass is 178 g/mol. The molecule has 0 atom stereocenters. The smallest absolute Gasteiger partial charge is 0.150 e. The molecule has 2 nitrogen and oxygen atoms in total. The molecule has 0 aliphatic carbocycles. The molecule has 70 valence electrons. The Morgan fingerprint density at radius 2 is 1.92 bits per heavy atom. The largest absolute Gasteiger partial charge is 0.508 e. The first-order valence-electron chi connectivity index (χ1n) is 4.24. The van der Waals surface area contributed by atoms with Crippen molar-refractivity contribution in [3.8, 4) is 5.75 Å². The van der Waals surface area contributed by atoms with E-state index < -0.39 is 0 Å². The first-order valence-corrected chi connectivity index (χ1v) is 4.24. The van der Waals surface area contributed by atoms with Crippen molar-refractivity contribution in [3.05, 3.63) is 29.3 Å². The summed E-state index contributed by atoms with van der Waals surface area (Å²) in [5.41, 5.74) is 1.41. The molecule has 0 saturated heterocycles. The molecule has 0 saturated carbocycles. The maximum absolute atomic E-state index is 10.7. The molecule has 1 N–H and O–H groups in total. The lowest BCUT2D eigenvalue weighted by Gasteiger charge is -2.20. The van der Waals surface area contributed by atoms with E-state index in [4.69, 9.17) is 0 Å². The second kappa shape index (κ2) is 3.21. The van der Waals surface area contributed by atoms with E-state index >= 15 is 0 Å². The Balaban J connectivity index is 3.32. The van der Waals surface area contributed by atoms with Gasteiger partial charge in [-0.2, -0.15) is 0 Å². The number of aromatic hydroxyl groups is 1. The van der Waals surface area contributed by atoms with Crippen molar-refractivity contribution in [3.63, 3.8) is 0 Å². The van der Waals surface area contributed by atoms with Gasteiger partial charge in [-0.1, -0.05) is 20.8 Å². The van der Waals surface area contributed by atoms with Crippen LogP contribution in [0.15, 0.2) is 18.2 Å². The van der Waals surface area contributed by atoms with E-state index in [2.05, 4.69) is 0 Å². The van der Waals surface area contributed by atoms with E-state index in [-0.39, 0.29) is 11.2 Å². The van der Waals surface area contributed by atoms with E-state index in [1.165, 1.54) is 6.07 Å². The van der Waals surface area contributed by atoms with Gasteiger partial charge in [-0.15, -0.1) is 0 Å². The van der Waals surface area contributed by atoms with Crippen LogP contribution in [0.2, 0.25) is 0 Å². The molecule has 0 bridgehead atoms. The molecule has 1 aromatic rings. The third-order valence-electron chi connectivity index (χ3n) is 1.97. The van der Waals surface area contributed by atoms with Gasteiger partial charge in [-0.05, 0) is 29.2 Å². The number of phenols is 1. The zero-order valence-corrected chi connectivity index (χ0v) is 8.16. The van der Waals surface area contributed by atoms with Crippen LogP contribution in [0.5, 0.6) is 5.75 Å². The molecule has 0 fully saturated rings. The van der Waals surface area contributed by atoms with Crippen LogP contribution in [0.3, 0.4) is 0 Å². The Morgan fingerprint density at radius 1 is 1.31 bits per heavy atom. The Morgan fingerprint density at radius 3 is 2.38 bits per heavy atom. The van der Waals surface area contributed by atoms with Crippen molar-refractivity contribution in [2.24, 2.45) is 0 Å². The second-order valence-electron chi connectivity index (χ2n) is 4.14. The van der Waals surface area contributed by atoms with Gasteiger partial charge >= 0.3 is 0 Å². The molecule has 0 heterocycles. The molecular formula is C11H14O2. The minimum Gasteiger partial charge on any atom is -0.508 e. The quantitative estimate of drug-likeness (QED) is 0.671. The Bertz CT molecular complexity index is 321. The van der Waals surface area contributed by atoms with Gasteiger partial charge in [-0.3, -0.25) is 4.79 Å². The fourth-order valence-corrected chi connectivity index (χ4v) is 1.30. The van der Waals surface area contributed by atoms with E-state index in [1.807, 2.05) is 20.8 Å². The molecule has 1 rings (SSSR count). The van der Waals surface area contributed by atoms with Crippen LogP contribution in [-0.4, -0.2) is 11.4 Å². The minimum atomic E-state index is -0.116. The van der Waals surface area contributed by atoms with Crippen LogP contribution in [0, 0.1) is 0 Å². The molecule has 0 aromatic heterocycles. The fraction of sp³-hybridized carbons (Fsp3) is 0.364. The molecule has 0 aliphatic heterocycles. The summed E-state index contributed by atoms with van der Waals surface area (Å²) in [4.78, 5) is 10.7. The highest BCUT2D eigenvalue weighted by Crippen LogP contribution is 2.27. The number of carbonyl (C=O) groups is 1. The van der Waals surface area contributed by atoms with Crippen molar-refractivity contribution in [1.82, 2.24) is 0 Å². The third-order valence-corrected chi connectivity index (χ3v) is 1.97. The SMILES string of the molecule is CC(C)(C)c1cc(O)ccc1C=O. The summed E-state index contributed by atoms with van der Waals surface area (Å²) < 4.78 is 0. The van der Waals surface area contributed by atoms with E-state index in [9.17, 15) is 9.90 Å². The van der Waals surface area contributed by atoms with Crippen molar-refractivity contribution in [2.75, 3.05) is 0 Å². The van der Waals surface area contributed by atoms with Gasteiger partial charge in [0.25, 0.3) is 0 Å². The van der Waals surface area contributed by atoms with E-state index in [0.717, 1.165) is 11.8 Å². The first kappa shape index (κ1) is 9.78. The molecule has 1 aromatic carbocycles. The first-order chi connectivity index (χ1) is 5.95. The molecule has 2 heteroatoms. The highest BCUT2D eigenvalue weighted by Gasteiger charge is 2.17. The van der Waals surface area contributed by atoms with Crippen LogP contribution in [0.1, 0.15) is 36.7 Å². The summed E-state index contributed by atoms with van der Waals surface area (Å²) >= 11 is 0. The number of benzene rings is 1. The Hall–Kier alpha value is -1.31. The molecular weight excluding hydrogens is 164 g/mol. The highest BCUT2D eigenvalue weighted by molar-refractivity contribution is 5.78. The van der Waals surface area contributed by atoms with Gasteiger partial charge in [0.1, 0.15) is 12.0 Å². The molecule has 0 amide bonds. The molecule has 0 radical (unpaired) electrons. The van der Waals surface area contributed by atoms with Crippen LogP contribution in [-0.2, 0) is 5.41 Å². The minimum absolute atomic E-state index is 0.116. The Labute approximate surface area is 78.2 Å². The molecule has 0 unspecified atom stereocenters. The average Bonchev–Trinajstić information content (AvgIpc) is 2.03. The van der Waals surface area contributed by atoms with Gasteiger partial charge in [-0.25, -0.2) is 0 Å². The van der Waals surface area contributed by atoms with Gasteiger partial charge in [0.15, 0.2) is 0 Å². The van der Waals surface area contributed by atoms with Crippen LogP contribution in [0.25, 0.3) is 0 Å². The zero-order chi connectivity index (χ0) is 10.1. The molecule has 0 aliphatic rings. The topological polar surface area (TPSA) is 37.3 Å². The summed E-state index contributed by atoms with van der Waals surface area (Å²) in [6.45, 7) is 6.03. The number of rotatable bonds is 1. The zero-order valence-electron chi connectivity index (χ0n) is 8.16. The lowest BCUT2D eigenvalue weighted by molar-refractivity contribution is 0.112. The van der Waals surface area contributed by atoms with Crippen molar-refractivity contribution < 1.29 is 9.90 Å². The molecule has 0 spiro atoms. The summed E-state index contributed by atoms with van der Waals surface area (Å²) in [5, 5.41) is 9.28. The fourth-order valence-electron chi connectivity index (χ4n) is 1.30. The van der Waals surface area contributed by atoms with Crippen LogP contribution < -0.4 is 0 Å².